The van der Waals surface area contributed by atoms with E-state index in [9.17, 15) is 43.4 Å². The molecule has 3 aliphatic rings. The van der Waals surface area contributed by atoms with E-state index in [2.05, 4.69) is 55.9 Å². The molecule has 0 aromatic carbocycles. The highest BCUT2D eigenvalue weighted by molar-refractivity contribution is 7.66. The molecule has 9 atom stereocenters. The Balaban J connectivity index is 0.972. The number of anilines is 1. The summed E-state index contributed by atoms with van der Waals surface area (Å²) in [5.41, 5.74) is 12.4. The van der Waals surface area contributed by atoms with E-state index in [4.69, 9.17) is 30.0 Å². The van der Waals surface area contributed by atoms with E-state index in [1.54, 1.807) is 11.9 Å². The fourth-order valence-corrected chi connectivity index (χ4v) is 9.80. The number of aliphatic hydroxyl groups is 2. The maximum atomic E-state index is 12.8. The highest BCUT2D eigenvalue weighted by atomic mass is 31.3. The molecule has 310 valence electrons. The second-order valence-electron chi connectivity index (χ2n) is 12.8. The molecule has 0 spiro atoms. The van der Waals surface area contributed by atoms with Gasteiger partial charge in [0.2, 0.25) is 5.52 Å². The van der Waals surface area contributed by atoms with Gasteiger partial charge in [-0.1, -0.05) is 11.6 Å². The number of rotatable bonds is 14. The van der Waals surface area contributed by atoms with Crippen molar-refractivity contribution in [2.24, 2.45) is 17.8 Å². The first-order valence-electron chi connectivity index (χ1n) is 16.4. The standard InChI is InChI=1S/C25H35N14O15P3/c1-11-16-20(31-24(26)30-11)38(9-28-16)23-19(41)18(40)14(52-23)8-50-56(45,46)54-57(47,48)53-55(43,44)49-7-13-5-37(4-12-3-29-35-34-12)6-15(51-13)39-10-36(2)17-21(39)32-25(27)33-22(17)42/h3,9-10,13-15,18-19,23,40-41H,1,4-8H2,2H3,(H9-,26,27,29,30,31,32,33,34,35,42,43,44,45,46,47,48)/p+1/t13-,14?,15?,18+,19+,23+/m0/s1. The van der Waals surface area contributed by atoms with Crippen LogP contribution in [0.2, 0.25) is 0 Å². The van der Waals surface area contributed by atoms with Gasteiger partial charge in [0.25, 0.3) is 11.5 Å². The monoisotopic (exact) mass is 865 g/mol. The smallest absolute Gasteiger partial charge is 0.387 e. The first kappa shape index (κ1) is 40.9. The minimum Gasteiger partial charge on any atom is -0.387 e. The molecule has 29 nitrogen and oxygen atoms in total. The zero-order valence-corrected chi connectivity index (χ0v) is 32.0. The lowest BCUT2D eigenvalue weighted by atomic mass is 10.1. The van der Waals surface area contributed by atoms with Gasteiger partial charge in [-0.15, -0.1) is 0 Å². The molecule has 4 aromatic heterocycles. The largest absolute Gasteiger partial charge is 0.490 e. The van der Waals surface area contributed by atoms with Gasteiger partial charge in [0.15, 0.2) is 30.6 Å². The topological polar surface area (TPSA) is 401 Å². The predicted molar refractivity (Wildman–Crippen MR) is 187 cm³/mol. The Morgan fingerprint density at radius 2 is 1.77 bits per heavy atom. The van der Waals surface area contributed by atoms with Crippen LogP contribution in [-0.2, 0) is 54.4 Å². The lowest BCUT2D eigenvalue weighted by Crippen LogP contribution is -2.55. The Bertz CT molecular complexity index is 2400. The lowest BCUT2D eigenvalue weighted by Gasteiger charge is -2.36. The molecular formula is C25H36N14O15P3+. The summed E-state index contributed by atoms with van der Waals surface area (Å²) in [6.45, 7) is 2.42. The zero-order valence-electron chi connectivity index (χ0n) is 29.3. The number of phosphoric ester groups is 2. The Hall–Kier alpha value is -4.28. The van der Waals surface area contributed by atoms with Crippen molar-refractivity contribution in [1.29, 1.82) is 0 Å². The molecular weight excluding hydrogens is 829 g/mol. The van der Waals surface area contributed by atoms with Crippen LogP contribution in [0.25, 0.3) is 16.9 Å². The number of hydrogen-bond donors (Lipinski definition) is 10. The number of phosphoric acid groups is 3. The maximum Gasteiger partial charge on any atom is 0.490 e. The zero-order chi connectivity index (χ0) is 41.0. The average molecular weight is 866 g/mol. The van der Waals surface area contributed by atoms with Crippen molar-refractivity contribution in [3.8, 4) is 0 Å². The van der Waals surface area contributed by atoms with Crippen LogP contribution in [0.1, 0.15) is 23.8 Å². The Labute approximate surface area is 318 Å². The van der Waals surface area contributed by atoms with Crippen molar-refractivity contribution in [1.82, 2.24) is 49.7 Å². The number of nitrogen functional groups attached to an aromatic ring is 1. The number of aromatic amines is 2. The third-order valence-electron chi connectivity index (χ3n) is 8.58. The number of imidazole rings is 2. The molecule has 0 bridgehead atoms. The van der Waals surface area contributed by atoms with Crippen LogP contribution in [0, 0.1) is 0 Å². The minimum absolute atomic E-state index is 0.0412. The maximum absolute atomic E-state index is 12.8. The third-order valence-corrected chi connectivity index (χ3v) is 12.8. The summed E-state index contributed by atoms with van der Waals surface area (Å²) in [6, 6.07) is 0. The number of nitrogens with two attached hydrogens (primary N) is 2. The molecule has 12 N–H and O–H groups in total. The van der Waals surface area contributed by atoms with Gasteiger partial charge in [0.05, 0.1) is 56.8 Å². The summed E-state index contributed by atoms with van der Waals surface area (Å²) in [6.07, 6.45) is -4.06. The quantitative estimate of drug-likeness (QED) is 0.0447. The van der Waals surface area contributed by atoms with Gasteiger partial charge < -0.3 is 51.2 Å². The summed E-state index contributed by atoms with van der Waals surface area (Å²) in [5, 5.41) is 34.2. The van der Waals surface area contributed by atoms with E-state index in [1.807, 2.05) is 0 Å². The number of hydrogen-bond acceptors (Lipinski definition) is 21. The van der Waals surface area contributed by atoms with Crippen molar-refractivity contribution in [3.63, 3.8) is 0 Å². The number of fused-ring (bicyclic) bond motifs is 2. The number of aryl methyl sites for hydroxylation is 1. The molecule has 5 unspecified atom stereocenters. The number of nitrogens with one attached hydrogen (secondary N) is 3. The van der Waals surface area contributed by atoms with Gasteiger partial charge in [-0.3, -0.25) is 32.9 Å². The van der Waals surface area contributed by atoms with E-state index >= 15 is 0 Å². The summed E-state index contributed by atoms with van der Waals surface area (Å²) in [4.78, 5) is 59.9. The second-order valence-corrected chi connectivity index (χ2v) is 17.4. The Kier molecular flexibility index (Phi) is 11.1. The molecule has 0 radical (unpaired) electrons. The Morgan fingerprint density at radius 3 is 2.47 bits per heavy atom. The number of aliphatic imine (C=N–C) groups is 1. The highest BCUT2D eigenvalue weighted by Gasteiger charge is 2.48. The van der Waals surface area contributed by atoms with Crippen LogP contribution in [0.15, 0.2) is 35.2 Å². The fraction of sp³-hybridized carbons (Fsp3) is 0.480. The van der Waals surface area contributed by atoms with Gasteiger partial charge in [0, 0.05) is 13.1 Å². The van der Waals surface area contributed by atoms with E-state index in [1.165, 1.54) is 32.6 Å². The van der Waals surface area contributed by atoms with Crippen molar-refractivity contribution >= 4 is 58.1 Å². The molecule has 0 aliphatic carbocycles. The molecule has 32 heteroatoms. The lowest BCUT2D eigenvalue weighted by molar-refractivity contribution is -0.747. The van der Waals surface area contributed by atoms with Crippen LogP contribution < -0.4 is 26.9 Å². The van der Waals surface area contributed by atoms with Crippen molar-refractivity contribution in [3.05, 3.63) is 47.2 Å². The Morgan fingerprint density at radius 1 is 1.05 bits per heavy atom. The molecule has 0 amide bonds. The van der Waals surface area contributed by atoms with E-state index in [0.29, 0.717) is 5.69 Å². The van der Waals surface area contributed by atoms with Crippen molar-refractivity contribution < 1.29 is 70.3 Å². The van der Waals surface area contributed by atoms with Crippen LogP contribution in [0.5, 0.6) is 0 Å². The SMILES string of the molecule is C=C1NC(N)=Nc2c1ncn2[C@@H]1OC(COP(=O)(O)OP(=O)(O)OP(=O)(O)OC[C@@H]2CN(Cc3cn[nH]n3)CC([n+]3cn(C)c4c(=O)[nH]c(N)nc43)O2)[C@@H](O)[C@H]1O. The third kappa shape index (κ3) is 8.92. The highest BCUT2D eigenvalue weighted by Crippen LogP contribution is 2.67. The van der Waals surface area contributed by atoms with E-state index < -0.39 is 79.1 Å². The minimum atomic E-state index is -5.93. The van der Waals surface area contributed by atoms with E-state index in [0.717, 1.165) is 0 Å². The van der Waals surface area contributed by atoms with Crippen LogP contribution >= 0.6 is 23.5 Å². The predicted octanol–water partition coefficient (Wildman–Crippen LogP) is -2.95. The summed E-state index contributed by atoms with van der Waals surface area (Å²) in [7, 11) is -15.5. The van der Waals surface area contributed by atoms with Crippen molar-refractivity contribution in [2.75, 3.05) is 32.0 Å². The molecule has 3 aliphatic heterocycles. The number of nitrogens with zero attached hydrogens (tertiary/aromatic N) is 9. The molecule has 2 saturated heterocycles. The summed E-state index contributed by atoms with van der Waals surface area (Å²) in [5.74, 6) is -0.0971. The van der Waals surface area contributed by atoms with Gasteiger partial charge in [-0.2, -0.15) is 29.0 Å². The average Bonchev–Trinajstić information content (AvgIpc) is 3.89. The van der Waals surface area contributed by atoms with Crippen LogP contribution in [-0.4, -0.2) is 126 Å². The number of ether oxygens (including phenoxy) is 2. The molecule has 4 aromatic rings. The first-order chi connectivity index (χ1) is 26.8. The number of aliphatic hydroxyl groups excluding tert-OH is 2. The van der Waals surface area contributed by atoms with Gasteiger partial charge in [0.1, 0.15) is 24.0 Å². The molecule has 2 fully saturated rings. The number of guanidine groups is 1. The summed E-state index contributed by atoms with van der Waals surface area (Å²) < 4.78 is 72.2. The van der Waals surface area contributed by atoms with Crippen LogP contribution in [0.4, 0.5) is 11.8 Å². The fourth-order valence-electron chi connectivity index (χ4n) is 6.26. The second kappa shape index (κ2) is 15.5. The first-order valence-corrected chi connectivity index (χ1v) is 20.8. The van der Waals surface area contributed by atoms with Gasteiger partial charge >= 0.3 is 29.1 Å². The van der Waals surface area contributed by atoms with Gasteiger partial charge in [-0.05, 0) is 0 Å². The molecule has 0 saturated carbocycles. The number of aromatic nitrogens is 9. The normalized spacial score (nSPS) is 27.3. The van der Waals surface area contributed by atoms with Crippen molar-refractivity contribution in [2.45, 2.75) is 43.4 Å². The summed E-state index contributed by atoms with van der Waals surface area (Å²) >= 11 is 0. The number of morpholine rings is 1. The van der Waals surface area contributed by atoms with E-state index in [-0.39, 0.29) is 59.9 Å². The molecule has 7 heterocycles. The van der Waals surface area contributed by atoms with Gasteiger partial charge in [-0.25, -0.2) is 23.2 Å². The number of H-pyrrole nitrogens is 2. The molecule has 57 heavy (non-hydrogen) atoms. The van der Waals surface area contributed by atoms with Crippen LogP contribution in [0.3, 0.4) is 0 Å². The molecule has 7 rings (SSSR count).